The molecule has 0 fully saturated rings. The molecule has 2 rings (SSSR count). The molecule has 1 amide bonds. The van der Waals surface area contributed by atoms with Crippen LogP contribution in [0.15, 0.2) is 24.4 Å². The van der Waals surface area contributed by atoms with Crippen molar-refractivity contribution in [1.29, 1.82) is 0 Å². The van der Waals surface area contributed by atoms with Crippen LogP contribution < -0.4 is 11.1 Å². The number of carbonyl (C=O) groups is 3. The maximum atomic E-state index is 11.3. The predicted molar refractivity (Wildman–Crippen MR) is 101 cm³/mol. The number of benzene rings is 1. The number of rotatable bonds is 8. The molecule has 0 saturated carbocycles. The number of carboxylic acids is 2. The van der Waals surface area contributed by atoms with Crippen LogP contribution in [-0.2, 0) is 20.8 Å². The van der Waals surface area contributed by atoms with Gasteiger partial charge in [0.2, 0.25) is 5.91 Å². The van der Waals surface area contributed by atoms with E-state index in [1.54, 1.807) is 12.1 Å². The number of aromatic amines is 1. The molecule has 2 unspecified atom stereocenters. The number of phenols is 1. The van der Waals surface area contributed by atoms with E-state index >= 15 is 0 Å². The quantitative estimate of drug-likeness (QED) is 0.236. The van der Waals surface area contributed by atoms with E-state index in [0.717, 1.165) is 22.9 Å². The van der Waals surface area contributed by atoms with Crippen LogP contribution in [0.4, 0.5) is 0 Å². The number of H-pyrrole nitrogens is 1. The Morgan fingerprint density at radius 2 is 1.69 bits per heavy atom. The summed E-state index contributed by atoms with van der Waals surface area (Å²) in [5, 5.41) is 45.8. The summed E-state index contributed by atoms with van der Waals surface area (Å²) in [4.78, 5) is 33.9. The number of carbonyl (C=O) groups excluding carboxylic acids is 1. The van der Waals surface area contributed by atoms with Crippen LogP contribution in [0.2, 0.25) is 0 Å². The first-order valence-corrected chi connectivity index (χ1v) is 8.24. The molecule has 2 atom stereocenters. The minimum atomic E-state index is -2.27. The molecular weight excluding hydrogens is 390 g/mol. The van der Waals surface area contributed by atoms with Crippen molar-refractivity contribution in [2.45, 2.75) is 25.0 Å². The van der Waals surface area contributed by atoms with Crippen LogP contribution in [0.25, 0.3) is 10.9 Å². The van der Waals surface area contributed by atoms with Gasteiger partial charge in [0.25, 0.3) is 0 Å². The molecule has 1 heterocycles. The number of nitrogens with two attached hydrogens (primary N) is 1. The van der Waals surface area contributed by atoms with Gasteiger partial charge < -0.3 is 47.0 Å². The lowest BCUT2D eigenvalue weighted by Crippen LogP contribution is -2.39. The molecule has 162 valence electrons. The molecule has 2 aromatic rings. The number of phenolic OH excluding ortho intramolecular Hbond substituents is 1. The second-order valence-corrected chi connectivity index (χ2v) is 5.75. The number of aliphatic hydroxyl groups excluding tert-OH is 2. The molecule has 0 aliphatic rings. The summed E-state index contributed by atoms with van der Waals surface area (Å²) < 4.78 is 0. The molecule has 11 N–H and O–H groups in total. The van der Waals surface area contributed by atoms with Crippen molar-refractivity contribution >= 4 is 28.7 Å². The number of nitrogens with one attached hydrogen (secondary N) is 2. The third kappa shape index (κ3) is 8.15. The van der Waals surface area contributed by atoms with E-state index in [1.807, 2.05) is 12.3 Å². The average molecular weight is 415 g/mol. The van der Waals surface area contributed by atoms with Crippen LogP contribution in [0.1, 0.15) is 12.0 Å². The molecule has 12 nitrogen and oxygen atoms in total. The molecule has 29 heavy (non-hydrogen) atoms. The number of aliphatic hydroxyl groups is 2. The largest absolute Gasteiger partial charge is 0.508 e. The SMILES string of the molecule is NCCC(=O)NCCc1c[nH]c2ccc(O)cc12.O.O=C(O)C(O)C(O)C(=O)O. The number of aromatic hydroxyl groups is 1. The fourth-order valence-electron chi connectivity index (χ4n) is 2.20. The zero-order chi connectivity index (χ0) is 21.3. The number of aromatic nitrogens is 1. The molecule has 0 radical (unpaired) electrons. The summed E-state index contributed by atoms with van der Waals surface area (Å²) >= 11 is 0. The summed E-state index contributed by atoms with van der Waals surface area (Å²) in [5.41, 5.74) is 7.35. The molecule has 0 saturated heterocycles. The van der Waals surface area contributed by atoms with Gasteiger partial charge in [0.05, 0.1) is 0 Å². The molecule has 12 heteroatoms. The van der Waals surface area contributed by atoms with Crippen molar-refractivity contribution in [2.24, 2.45) is 5.73 Å². The van der Waals surface area contributed by atoms with E-state index in [1.165, 1.54) is 0 Å². The Labute approximate surface area is 164 Å². The zero-order valence-electron chi connectivity index (χ0n) is 15.3. The topological polar surface area (TPSA) is 238 Å². The maximum Gasteiger partial charge on any atom is 0.335 e. The van der Waals surface area contributed by atoms with Crippen molar-refractivity contribution in [3.8, 4) is 5.75 Å². The van der Waals surface area contributed by atoms with Gasteiger partial charge in [-0.15, -0.1) is 0 Å². The summed E-state index contributed by atoms with van der Waals surface area (Å²) in [6, 6.07) is 5.20. The van der Waals surface area contributed by atoms with Gasteiger partial charge in [-0.2, -0.15) is 0 Å². The number of fused-ring (bicyclic) bond motifs is 1. The highest BCUT2D eigenvalue weighted by molar-refractivity contribution is 5.85. The Morgan fingerprint density at radius 3 is 2.21 bits per heavy atom. The minimum Gasteiger partial charge on any atom is -0.508 e. The van der Waals surface area contributed by atoms with Crippen LogP contribution in [-0.4, -0.2) is 79.1 Å². The van der Waals surface area contributed by atoms with Gasteiger partial charge in [-0.3, -0.25) is 4.79 Å². The first-order chi connectivity index (χ1) is 13.2. The Morgan fingerprint density at radius 1 is 1.10 bits per heavy atom. The van der Waals surface area contributed by atoms with Crippen LogP contribution in [0.3, 0.4) is 0 Å². The lowest BCUT2D eigenvalue weighted by atomic mass is 10.1. The Bertz CT molecular complexity index is 804. The summed E-state index contributed by atoms with van der Waals surface area (Å²) in [6.45, 7) is 0.939. The van der Waals surface area contributed by atoms with Crippen LogP contribution in [0, 0.1) is 0 Å². The van der Waals surface area contributed by atoms with Crippen molar-refractivity contribution in [1.82, 2.24) is 10.3 Å². The van der Waals surface area contributed by atoms with Gasteiger partial charge in [-0.25, -0.2) is 9.59 Å². The number of amides is 1. The number of aliphatic carboxylic acids is 2. The van der Waals surface area contributed by atoms with Crippen LogP contribution in [0.5, 0.6) is 5.75 Å². The van der Waals surface area contributed by atoms with E-state index in [9.17, 15) is 19.5 Å². The van der Waals surface area contributed by atoms with Crippen molar-refractivity contribution < 1.29 is 45.4 Å². The van der Waals surface area contributed by atoms with E-state index in [4.69, 9.17) is 26.2 Å². The predicted octanol–water partition coefficient (Wildman–Crippen LogP) is -2.07. The molecular formula is C17H25N3O9. The third-order valence-electron chi connectivity index (χ3n) is 3.64. The fraction of sp³-hybridized carbons (Fsp3) is 0.353. The van der Waals surface area contributed by atoms with E-state index in [2.05, 4.69) is 10.3 Å². The highest BCUT2D eigenvalue weighted by Crippen LogP contribution is 2.22. The summed E-state index contributed by atoms with van der Waals surface area (Å²) in [6.07, 6.45) is -1.55. The smallest absolute Gasteiger partial charge is 0.335 e. The summed E-state index contributed by atoms with van der Waals surface area (Å²) in [5.74, 6) is -3.32. The van der Waals surface area contributed by atoms with Gasteiger partial charge in [0.1, 0.15) is 5.75 Å². The third-order valence-corrected chi connectivity index (χ3v) is 3.64. The Hall–Kier alpha value is -3.19. The van der Waals surface area contributed by atoms with Crippen molar-refractivity contribution in [3.63, 3.8) is 0 Å². The van der Waals surface area contributed by atoms with Gasteiger partial charge in [-0.1, -0.05) is 0 Å². The number of hydrogen-bond acceptors (Lipinski definition) is 7. The summed E-state index contributed by atoms with van der Waals surface area (Å²) in [7, 11) is 0. The first-order valence-electron chi connectivity index (χ1n) is 8.24. The standard InChI is InChI=1S/C13H17N3O2.C4H6O6.H2O/c14-5-3-13(18)15-6-4-9-8-16-12-2-1-10(17)7-11(9)12;5-1(3(7)8)2(6)4(9)10;/h1-2,7-8,16-17H,3-6,14H2,(H,15,18);1-2,5-6H,(H,7,8)(H,9,10);1H2. The second kappa shape index (κ2) is 12.3. The normalized spacial score (nSPS) is 12.1. The lowest BCUT2D eigenvalue weighted by Gasteiger charge is -2.07. The molecule has 0 bridgehead atoms. The molecule has 0 aliphatic heterocycles. The lowest BCUT2D eigenvalue weighted by molar-refractivity contribution is -0.165. The second-order valence-electron chi connectivity index (χ2n) is 5.75. The van der Waals surface area contributed by atoms with Gasteiger partial charge in [-0.05, 0) is 30.2 Å². The molecule has 0 aliphatic carbocycles. The van der Waals surface area contributed by atoms with Gasteiger partial charge in [0, 0.05) is 36.6 Å². The Balaban J connectivity index is 0.000000616. The fourth-order valence-corrected chi connectivity index (χ4v) is 2.20. The maximum absolute atomic E-state index is 11.3. The van der Waals surface area contributed by atoms with E-state index in [0.29, 0.717) is 19.5 Å². The number of carboxylic acid groups (broad SMARTS) is 2. The monoisotopic (exact) mass is 415 g/mol. The van der Waals surface area contributed by atoms with Gasteiger partial charge in [0.15, 0.2) is 12.2 Å². The zero-order valence-corrected chi connectivity index (χ0v) is 15.3. The Kier molecular flexibility index (Phi) is 11.0. The highest BCUT2D eigenvalue weighted by atomic mass is 16.4. The number of hydrogen-bond donors (Lipinski definition) is 8. The van der Waals surface area contributed by atoms with E-state index < -0.39 is 24.1 Å². The molecule has 1 aromatic carbocycles. The minimum absolute atomic E-state index is 0. The first kappa shape index (κ1) is 25.8. The highest BCUT2D eigenvalue weighted by Gasteiger charge is 2.29. The van der Waals surface area contributed by atoms with Gasteiger partial charge >= 0.3 is 11.9 Å². The van der Waals surface area contributed by atoms with Crippen molar-refractivity contribution in [2.75, 3.05) is 13.1 Å². The van der Waals surface area contributed by atoms with Crippen molar-refractivity contribution in [3.05, 3.63) is 30.0 Å². The van der Waals surface area contributed by atoms with E-state index in [-0.39, 0.29) is 17.1 Å². The molecule has 1 aromatic heterocycles. The van der Waals surface area contributed by atoms with Crippen LogP contribution >= 0.6 is 0 Å². The molecule has 0 spiro atoms. The average Bonchev–Trinajstić information content (AvgIpc) is 3.03.